The third-order valence-corrected chi connectivity index (χ3v) is 7.42. The summed E-state index contributed by atoms with van der Waals surface area (Å²) in [5.74, 6) is 0.800. The Bertz CT molecular complexity index is 604. The van der Waals surface area contributed by atoms with Crippen LogP contribution in [0, 0.1) is 0 Å². The smallest absolute Gasteiger partial charge is 0.0450 e. The molecule has 2 aromatic rings. The van der Waals surface area contributed by atoms with Gasteiger partial charge in [-0.1, -0.05) is 75.6 Å². The molecule has 2 aromatic carbocycles. The van der Waals surface area contributed by atoms with Gasteiger partial charge >= 0.3 is 0 Å². The molecule has 0 aliphatic heterocycles. The van der Waals surface area contributed by atoms with E-state index in [4.69, 9.17) is 0 Å². The highest BCUT2D eigenvalue weighted by molar-refractivity contribution is 8.00. The molecule has 0 nitrogen and oxygen atoms in total. The number of thioether (sulfide) groups is 1. The average Bonchev–Trinajstić information content (AvgIpc) is 2.68. The van der Waals surface area contributed by atoms with Crippen LogP contribution < -0.4 is 0 Å². The molecular formula is C23H30S. The summed E-state index contributed by atoms with van der Waals surface area (Å²) in [7, 11) is 0. The van der Waals surface area contributed by atoms with Crippen LogP contribution in [0.25, 0.3) is 0 Å². The minimum absolute atomic E-state index is 0.188. The summed E-state index contributed by atoms with van der Waals surface area (Å²) < 4.78 is 0.188. The van der Waals surface area contributed by atoms with Crippen molar-refractivity contribution >= 4 is 11.8 Å². The molecule has 1 aliphatic rings. The van der Waals surface area contributed by atoms with E-state index in [2.05, 4.69) is 68.4 Å². The average molecular weight is 339 g/mol. The molecule has 0 amide bonds. The topological polar surface area (TPSA) is 0 Å². The second kappa shape index (κ2) is 8.25. The molecule has 0 aromatic heterocycles. The van der Waals surface area contributed by atoms with Crippen molar-refractivity contribution < 1.29 is 0 Å². The lowest BCUT2D eigenvalue weighted by Gasteiger charge is -2.32. The molecule has 1 heteroatoms. The molecule has 1 fully saturated rings. The Kier molecular flexibility index (Phi) is 6.05. The zero-order chi connectivity index (χ0) is 16.8. The Morgan fingerprint density at radius 1 is 0.833 bits per heavy atom. The fourth-order valence-electron chi connectivity index (χ4n) is 4.07. The molecule has 24 heavy (non-hydrogen) atoms. The maximum absolute atomic E-state index is 2.39. The summed E-state index contributed by atoms with van der Waals surface area (Å²) in [6.45, 7) is 4.64. The lowest BCUT2D eigenvalue weighted by atomic mass is 9.84. The van der Waals surface area contributed by atoms with Crippen LogP contribution in [0.3, 0.4) is 0 Å². The van der Waals surface area contributed by atoms with Crippen LogP contribution in [-0.4, -0.2) is 0 Å². The van der Waals surface area contributed by atoms with Gasteiger partial charge in [0.25, 0.3) is 0 Å². The van der Waals surface area contributed by atoms with Gasteiger partial charge in [-0.3, -0.25) is 0 Å². The van der Waals surface area contributed by atoms with Gasteiger partial charge in [-0.25, -0.2) is 0 Å². The van der Waals surface area contributed by atoms with E-state index >= 15 is 0 Å². The monoisotopic (exact) mass is 338 g/mol. The van der Waals surface area contributed by atoms with Crippen molar-refractivity contribution in [2.75, 3.05) is 0 Å². The number of hydrogen-bond acceptors (Lipinski definition) is 1. The van der Waals surface area contributed by atoms with Gasteiger partial charge in [-0.05, 0) is 54.9 Å². The largest absolute Gasteiger partial charge is 0.115 e. The van der Waals surface area contributed by atoms with E-state index in [1.54, 1.807) is 5.56 Å². The summed E-state index contributed by atoms with van der Waals surface area (Å²) >= 11 is 2.04. The van der Waals surface area contributed by atoms with Crippen molar-refractivity contribution in [1.29, 1.82) is 0 Å². The predicted molar refractivity (Wildman–Crippen MR) is 107 cm³/mol. The molecule has 0 N–H and O–H groups in total. The third kappa shape index (κ3) is 3.88. The fraction of sp³-hybridized carbons (Fsp3) is 0.478. The second-order valence-electron chi connectivity index (χ2n) is 7.07. The Morgan fingerprint density at radius 2 is 1.46 bits per heavy atom. The molecule has 0 atom stereocenters. The Balaban J connectivity index is 1.78. The van der Waals surface area contributed by atoms with E-state index in [0.29, 0.717) is 0 Å². The van der Waals surface area contributed by atoms with Crippen LogP contribution in [0.15, 0.2) is 59.5 Å². The van der Waals surface area contributed by atoms with Crippen molar-refractivity contribution in [2.24, 2.45) is 0 Å². The molecule has 1 saturated carbocycles. The zero-order valence-electron chi connectivity index (χ0n) is 15.1. The molecule has 0 heterocycles. The number of hydrogen-bond donors (Lipinski definition) is 0. The first-order valence-corrected chi connectivity index (χ1v) is 10.4. The summed E-state index contributed by atoms with van der Waals surface area (Å²) in [6.07, 6.45) is 9.31. The summed E-state index contributed by atoms with van der Waals surface area (Å²) in [4.78, 5) is 1.40. The van der Waals surface area contributed by atoms with Crippen LogP contribution >= 0.6 is 11.8 Å². The maximum atomic E-state index is 2.39. The second-order valence-corrected chi connectivity index (χ2v) is 8.53. The first-order chi connectivity index (χ1) is 11.8. The van der Waals surface area contributed by atoms with Crippen LogP contribution in [0.5, 0.6) is 0 Å². The van der Waals surface area contributed by atoms with E-state index in [1.807, 2.05) is 11.8 Å². The predicted octanol–water partition coefficient (Wildman–Crippen LogP) is 7.54. The molecule has 0 radical (unpaired) electrons. The van der Waals surface area contributed by atoms with Gasteiger partial charge in [0.1, 0.15) is 0 Å². The first-order valence-electron chi connectivity index (χ1n) is 9.62. The van der Waals surface area contributed by atoms with Crippen molar-refractivity contribution in [1.82, 2.24) is 0 Å². The molecule has 3 rings (SSSR count). The minimum Gasteiger partial charge on any atom is -0.115 e. The lowest BCUT2D eigenvalue weighted by Crippen LogP contribution is -2.19. The van der Waals surface area contributed by atoms with Gasteiger partial charge in [0.2, 0.25) is 0 Å². The van der Waals surface area contributed by atoms with Crippen molar-refractivity contribution in [3.05, 3.63) is 65.7 Å². The number of benzene rings is 2. The van der Waals surface area contributed by atoms with E-state index in [0.717, 1.165) is 18.8 Å². The normalized spacial score (nSPS) is 16.2. The molecule has 0 saturated heterocycles. The molecule has 0 bridgehead atoms. The highest BCUT2D eigenvalue weighted by Crippen LogP contribution is 2.47. The molecule has 128 valence electrons. The molecular weight excluding hydrogens is 308 g/mol. The standard InChI is InChI=1S/C23H30S/c1-3-23(4-2,21-13-9-6-10-14-21)24-22-17-15-20(16-18-22)19-11-7-5-8-12-19/h6,9-10,13-19H,3-5,7-8,11-12H2,1-2H3. The van der Waals surface area contributed by atoms with E-state index in [-0.39, 0.29) is 4.75 Å². The summed E-state index contributed by atoms with van der Waals surface area (Å²) in [5, 5.41) is 0. The maximum Gasteiger partial charge on any atom is 0.0450 e. The van der Waals surface area contributed by atoms with Gasteiger partial charge in [-0.2, -0.15) is 0 Å². The quantitative estimate of drug-likeness (QED) is 0.490. The van der Waals surface area contributed by atoms with Crippen LogP contribution in [-0.2, 0) is 4.75 Å². The van der Waals surface area contributed by atoms with Crippen molar-refractivity contribution in [2.45, 2.75) is 74.4 Å². The summed E-state index contributed by atoms with van der Waals surface area (Å²) in [5.41, 5.74) is 3.01. The van der Waals surface area contributed by atoms with Gasteiger partial charge in [-0.15, -0.1) is 11.8 Å². The van der Waals surface area contributed by atoms with Crippen LogP contribution in [0.2, 0.25) is 0 Å². The van der Waals surface area contributed by atoms with Gasteiger partial charge in [0.05, 0.1) is 0 Å². The van der Waals surface area contributed by atoms with E-state index < -0.39 is 0 Å². The summed E-state index contributed by atoms with van der Waals surface area (Å²) in [6, 6.07) is 20.5. The SMILES string of the molecule is CCC(CC)(Sc1ccc(C2CCCCC2)cc1)c1ccccc1. The molecule has 0 spiro atoms. The van der Waals surface area contributed by atoms with Gasteiger partial charge < -0.3 is 0 Å². The molecule has 0 unspecified atom stereocenters. The van der Waals surface area contributed by atoms with Crippen LogP contribution in [0.1, 0.15) is 75.8 Å². The highest BCUT2D eigenvalue weighted by atomic mass is 32.2. The van der Waals surface area contributed by atoms with Crippen LogP contribution in [0.4, 0.5) is 0 Å². The Labute approximate surface area is 152 Å². The van der Waals surface area contributed by atoms with Crippen molar-refractivity contribution in [3.63, 3.8) is 0 Å². The molecule has 1 aliphatic carbocycles. The van der Waals surface area contributed by atoms with Gasteiger partial charge in [0, 0.05) is 9.64 Å². The van der Waals surface area contributed by atoms with E-state index in [9.17, 15) is 0 Å². The lowest BCUT2D eigenvalue weighted by molar-refractivity contribution is 0.443. The van der Waals surface area contributed by atoms with Crippen molar-refractivity contribution in [3.8, 4) is 0 Å². The fourth-order valence-corrected chi connectivity index (χ4v) is 5.34. The first kappa shape index (κ1) is 17.6. The van der Waals surface area contributed by atoms with Gasteiger partial charge in [0.15, 0.2) is 0 Å². The highest BCUT2D eigenvalue weighted by Gasteiger charge is 2.29. The van der Waals surface area contributed by atoms with E-state index in [1.165, 1.54) is 42.6 Å². The number of rotatable bonds is 6. The Hall–Kier alpha value is -1.21. The Morgan fingerprint density at radius 3 is 2.04 bits per heavy atom. The zero-order valence-corrected chi connectivity index (χ0v) is 15.9. The minimum atomic E-state index is 0.188. The third-order valence-electron chi connectivity index (χ3n) is 5.71.